The van der Waals surface area contributed by atoms with Crippen LogP contribution in [0, 0.1) is 0 Å². The number of anilines is 1. The van der Waals surface area contributed by atoms with Gasteiger partial charge in [0.15, 0.2) is 0 Å². The number of halogens is 1. The summed E-state index contributed by atoms with van der Waals surface area (Å²) in [5.41, 5.74) is 5.10. The van der Waals surface area contributed by atoms with Gasteiger partial charge in [-0.2, -0.15) is 0 Å². The minimum Gasteiger partial charge on any atom is -0.320 e. The van der Waals surface area contributed by atoms with Crippen molar-refractivity contribution in [3.63, 3.8) is 0 Å². The van der Waals surface area contributed by atoms with Crippen molar-refractivity contribution in [2.45, 2.75) is 0 Å². The lowest BCUT2D eigenvalue weighted by molar-refractivity contribution is -0.110. The summed E-state index contributed by atoms with van der Waals surface area (Å²) in [6.45, 7) is 0. The molecule has 0 spiro atoms. The number of hydrogen-bond donors (Lipinski definition) is 1. The molecule has 3 aromatic carbocycles. The third-order valence-electron chi connectivity index (χ3n) is 4.12. The van der Waals surface area contributed by atoms with Gasteiger partial charge in [-0.25, -0.2) is 0 Å². The Morgan fingerprint density at radius 1 is 0.750 bits per heavy atom. The monoisotopic (exact) mass is 331 g/mol. The number of nitrogens with one attached hydrogen (secondary N) is 1. The number of rotatable bonds is 2. The lowest BCUT2D eigenvalue weighted by atomic mass is 9.90. The third kappa shape index (κ3) is 2.41. The molecule has 0 aliphatic carbocycles. The van der Waals surface area contributed by atoms with Crippen LogP contribution in [0.1, 0.15) is 16.7 Å². The van der Waals surface area contributed by atoms with Gasteiger partial charge < -0.3 is 5.32 Å². The molecule has 1 amide bonds. The summed E-state index contributed by atoms with van der Waals surface area (Å²) < 4.78 is 0. The number of para-hydroxylation sites is 1. The Morgan fingerprint density at radius 2 is 1.33 bits per heavy atom. The van der Waals surface area contributed by atoms with E-state index in [1.807, 2.05) is 72.8 Å². The molecular weight excluding hydrogens is 318 g/mol. The van der Waals surface area contributed by atoms with E-state index in [1.165, 1.54) is 0 Å². The first-order valence-corrected chi connectivity index (χ1v) is 8.09. The first kappa shape index (κ1) is 14.7. The van der Waals surface area contributed by atoms with Gasteiger partial charge in [-0.1, -0.05) is 84.4 Å². The van der Waals surface area contributed by atoms with Crippen LogP contribution in [0.3, 0.4) is 0 Å². The maximum Gasteiger partial charge on any atom is 0.257 e. The highest BCUT2D eigenvalue weighted by Gasteiger charge is 2.29. The predicted molar refractivity (Wildman–Crippen MR) is 98.9 cm³/mol. The van der Waals surface area contributed by atoms with E-state index in [0.29, 0.717) is 16.3 Å². The largest absolute Gasteiger partial charge is 0.320 e. The molecule has 0 saturated heterocycles. The Labute approximate surface area is 145 Å². The van der Waals surface area contributed by atoms with Crippen LogP contribution in [0.15, 0.2) is 78.9 Å². The standard InChI is InChI=1S/C21H14ClNO/c22-17-13-7-12-16-19(21(24)23-20(16)17)18(14-8-3-1-4-9-14)15-10-5-2-6-11-15/h1-13H,(H,23,24). The second-order valence-corrected chi connectivity index (χ2v) is 6.01. The van der Waals surface area contributed by atoms with Crippen molar-refractivity contribution in [3.05, 3.63) is 101 Å². The van der Waals surface area contributed by atoms with Crippen LogP contribution in [0.2, 0.25) is 5.02 Å². The molecular formula is C21H14ClNO. The molecule has 0 fully saturated rings. The van der Waals surface area contributed by atoms with Gasteiger partial charge in [0.2, 0.25) is 0 Å². The smallest absolute Gasteiger partial charge is 0.257 e. The highest BCUT2D eigenvalue weighted by molar-refractivity contribution is 6.42. The summed E-state index contributed by atoms with van der Waals surface area (Å²) in [7, 11) is 0. The van der Waals surface area contributed by atoms with E-state index in [4.69, 9.17) is 11.6 Å². The number of carbonyl (C=O) groups is 1. The lowest BCUT2D eigenvalue weighted by Crippen LogP contribution is -2.06. The fourth-order valence-corrected chi connectivity index (χ4v) is 3.29. The van der Waals surface area contributed by atoms with Crippen LogP contribution in [0.25, 0.3) is 11.1 Å². The molecule has 1 heterocycles. The van der Waals surface area contributed by atoms with Crippen molar-refractivity contribution >= 4 is 34.3 Å². The maximum absolute atomic E-state index is 12.7. The van der Waals surface area contributed by atoms with Crippen LogP contribution in [-0.4, -0.2) is 5.91 Å². The van der Waals surface area contributed by atoms with Crippen LogP contribution >= 0.6 is 11.6 Å². The van der Waals surface area contributed by atoms with Crippen LogP contribution < -0.4 is 5.32 Å². The first-order valence-electron chi connectivity index (χ1n) is 7.71. The maximum atomic E-state index is 12.7. The first-order chi connectivity index (χ1) is 11.8. The van der Waals surface area contributed by atoms with Gasteiger partial charge in [0.05, 0.1) is 16.3 Å². The third-order valence-corrected chi connectivity index (χ3v) is 4.44. The molecule has 3 heteroatoms. The van der Waals surface area contributed by atoms with E-state index in [2.05, 4.69) is 5.32 Å². The van der Waals surface area contributed by atoms with Crippen molar-refractivity contribution < 1.29 is 4.79 Å². The van der Waals surface area contributed by atoms with Gasteiger partial charge in [-0.05, 0) is 17.2 Å². The molecule has 0 atom stereocenters. The highest BCUT2D eigenvalue weighted by atomic mass is 35.5. The quantitative estimate of drug-likeness (QED) is 0.638. The molecule has 24 heavy (non-hydrogen) atoms. The molecule has 2 nitrogen and oxygen atoms in total. The van der Waals surface area contributed by atoms with Gasteiger partial charge in [0.1, 0.15) is 0 Å². The average Bonchev–Trinajstić information content (AvgIpc) is 2.95. The number of carbonyl (C=O) groups excluding carboxylic acids is 1. The van der Waals surface area contributed by atoms with E-state index >= 15 is 0 Å². The minimum absolute atomic E-state index is 0.124. The number of fused-ring (bicyclic) bond motifs is 1. The molecule has 1 aliphatic rings. The van der Waals surface area contributed by atoms with Gasteiger partial charge in [0.25, 0.3) is 5.91 Å². The molecule has 0 bridgehead atoms. The zero-order valence-electron chi connectivity index (χ0n) is 12.8. The Bertz CT molecular complexity index is 905. The SMILES string of the molecule is O=C1Nc2c(Cl)cccc2C1=C(c1ccccc1)c1ccccc1. The molecule has 1 N–H and O–H groups in total. The number of amides is 1. The molecule has 3 aromatic rings. The summed E-state index contributed by atoms with van der Waals surface area (Å²) in [5.74, 6) is -0.124. The normalized spacial score (nSPS) is 12.7. The highest BCUT2D eigenvalue weighted by Crippen LogP contribution is 2.42. The minimum atomic E-state index is -0.124. The van der Waals surface area contributed by atoms with E-state index in [9.17, 15) is 4.79 Å². The van der Waals surface area contributed by atoms with E-state index in [1.54, 1.807) is 6.07 Å². The van der Waals surface area contributed by atoms with Crippen LogP contribution in [0.4, 0.5) is 5.69 Å². The van der Waals surface area contributed by atoms with Crippen molar-refractivity contribution in [2.75, 3.05) is 5.32 Å². The van der Waals surface area contributed by atoms with Crippen molar-refractivity contribution in [1.82, 2.24) is 0 Å². The second-order valence-electron chi connectivity index (χ2n) is 5.60. The number of hydrogen-bond acceptors (Lipinski definition) is 1. The van der Waals surface area contributed by atoms with Crippen LogP contribution in [0.5, 0.6) is 0 Å². The summed E-state index contributed by atoms with van der Waals surface area (Å²) in [4.78, 5) is 12.7. The molecule has 0 radical (unpaired) electrons. The Hall–Kier alpha value is -2.84. The fraction of sp³-hybridized carbons (Fsp3) is 0. The van der Waals surface area contributed by atoms with Gasteiger partial charge in [0, 0.05) is 11.1 Å². The molecule has 0 unspecified atom stereocenters. The van der Waals surface area contributed by atoms with Gasteiger partial charge in [-0.3, -0.25) is 4.79 Å². The summed E-state index contributed by atoms with van der Waals surface area (Å²) in [6.07, 6.45) is 0. The van der Waals surface area contributed by atoms with E-state index in [0.717, 1.165) is 22.3 Å². The van der Waals surface area contributed by atoms with Gasteiger partial charge >= 0.3 is 0 Å². The van der Waals surface area contributed by atoms with Crippen molar-refractivity contribution in [2.24, 2.45) is 0 Å². The van der Waals surface area contributed by atoms with E-state index in [-0.39, 0.29) is 5.91 Å². The molecule has 0 saturated carbocycles. The predicted octanol–water partition coefficient (Wildman–Crippen LogP) is 5.25. The fourth-order valence-electron chi connectivity index (χ4n) is 3.07. The van der Waals surface area contributed by atoms with Crippen LogP contribution in [-0.2, 0) is 4.79 Å². The Kier molecular flexibility index (Phi) is 3.68. The van der Waals surface area contributed by atoms with Crippen molar-refractivity contribution in [3.8, 4) is 0 Å². The number of benzene rings is 3. The zero-order chi connectivity index (χ0) is 16.5. The summed E-state index contributed by atoms with van der Waals surface area (Å²) in [5, 5.41) is 3.46. The topological polar surface area (TPSA) is 29.1 Å². The summed E-state index contributed by atoms with van der Waals surface area (Å²) in [6, 6.07) is 25.5. The van der Waals surface area contributed by atoms with Gasteiger partial charge in [-0.15, -0.1) is 0 Å². The zero-order valence-corrected chi connectivity index (χ0v) is 13.5. The van der Waals surface area contributed by atoms with E-state index < -0.39 is 0 Å². The Morgan fingerprint density at radius 3 is 1.92 bits per heavy atom. The molecule has 1 aliphatic heterocycles. The lowest BCUT2D eigenvalue weighted by Gasteiger charge is -2.12. The second kappa shape index (κ2) is 5.99. The van der Waals surface area contributed by atoms with Crippen molar-refractivity contribution in [1.29, 1.82) is 0 Å². The Balaban J connectivity index is 2.06. The molecule has 0 aromatic heterocycles. The molecule has 116 valence electrons. The molecule has 4 rings (SSSR count). The summed E-state index contributed by atoms with van der Waals surface area (Å²) >= 11 is 6.26. The average molecular weight is 332 g/mol.